The highest BCUT2D eigenvalue weighted by Gasteiger charge is 2.15. The summed E-state index contributed by atoms with van der Waals surface area (Å²) in [6.07, 6.45) is 0. The summed E-state index contributed by atoms with van der Waals surface area (Å²) in [6.45, 7) is -0.236. The fraction of sp³-hybridized carbons (Fsp3) is 0.188. The number of carbonyl (C=O) groups excluding carboxylic acids is 1. The van der Waals surface area contributed by atoms with E-state index in [4.69, 9.17) is 11.6 Å². The van der Waals surface area contributed by atoms with Gasteiger partial charge in [-0.05, 0) is 23.8 Å². The summed E-state index contributed by atoms with van der Waals surface area (Å²) < 4.78 is 44.9. The molecule has 2 aromatic carbocycles. The predicted octanol–water partition coefficient (Wildman–Crippen LogP) is 2.89. The number of hydrogen-bond acceptors (Lipinski definition) is 4. The molecule has 0 atom stereocenters. The molecular formula is C16H15ClFNO4S. The molecule has 5 nitrogen and oxygen atoms in total. The molecule has 0 aliphatic rings. The lowest BCUT2D eigenvalue weighted by Crippen LogP contribution is -2.25. The second-order valence-electron chi connectivity index (χ2n) is 4.97. The minimum atomic E-state index is -3.70. The maximum atomic E-state index is 13.9. The molecule has 0 saturated carbocycles. The molecule has 0 saturated heterocycles. The summed E-state index contributed by atoms with van der Waals surface area (Å²) in [4.78, 5) is 11.3. The summed E-state index contributed by atoms with van der Waals surface area (Å²) in [7, 11) is -2.50. The Morgan fingerprint density at radius 1 is 1.21 bits per heavy atom. The summed E-state index contributed by atoms with van der Waals surface area (Å²) in [5.41, 5.74) is 0.622. The monoisotopic (exact) mass is 371 g/mol. The van der Waals surface area contributed by atoms with Gasteiger partial charge in [-0.1, -0.05) is 35.9 Å². The molecule has 1 N–H and O–H groups in total. The minimum absolute atomic E-state index is 0.0534. The van der Waals surface area contributed by atoms with Crippen LogP contribution in [-0.2, 0) is 27.1 Å². The molecule has 24 heavy (non-hydrogen) atoms. The average molecular weight is 372 g/mol. The molecule has 0 heterocycles. The fourth-order valence-corrected chi connectivity index (χ4v) is 3.41. The topological polar surface area (TPSA) is 72.5 Å². The van der Waals surface area contributed by atoms with Crippen LogP contribution in [-0.4, -0.2) is 21.5 Å². The van der Waals surface area contributed by atoms with Crippen molar-refractivity contribution in [1.82, 2.24) is 4.72 Å². The van der Waals surface area contributed by atoms with Gasteiger partial charge in [-0.3, -0.25) is 0 Å². The number of esters is 1. The summed E-state index contributed by atoms with van der Waals surface area (Å²) in [6, 6.07) is 10.3. The average Bonchev–Trinajstić information content (AvgIpc) is 2.55. The van der Waals surface area contributed by atoms with Crippen molar-refractivity contribution in [2.75, 3.05) is 7.11 Å². The smallest absolute Gasteiger partial charge is 0.337 e. The first-order valence-corrected chi connectivity index (χ1v) is 8.93. The van der Waals surface area contributed by atoms with Crippen molar-refractivity contribution in [3.8, 4) is 0 Å². The molecule has 2 rings (SSSR count). The zero-order valence-corrected chi connectivity index (χ0v) is 14.3. The van der Waals surface area contributed by atoms with Crippen LogP contribution in [0.25, 0.3) is 0 Å². The van der Waals surface area contributed by atoms with E-state index in [1.165, 1.54) is 19.2 Å². The molecule has 0 amide bonds. The quantitative estimate of drug-likeness (QED) is 0.792. The molecule has 0 spiro atoms. The highest BCUT2D eigenvalue weighted by atomic mass is 35.5. The first-order chi connectivity index (χ1) is 11.3. The van der Waals surface area contributed by atoms with Gasteiger partial charge in [-0.2, -0.15) is 0 Å². The Bertz CT molecular complexity index is 855. The summed E-state index contributed by atoms with van der Waals surface area (Å²) in [5.74, 6) is -1.67. The van der Waals surface area contributed by atoms with Gasteiger partial charge < -0.3 is 4.74 Å². The molecule has 8 heteroatoms. The van der Waals surface area contributed by atoms with Crippen LogP contribution >= 0.6 is 11.6 Å². The number of rotatable bonds is 6. The van der Waals surface area contributed by atoms with E-state index < -0.39 is 21.8 Å². The third kappa shape index (κ3) is 4.77. The Balaban J connectivity index is 2.07. The van der Waals surface area contributed by atoms with Gasteiger partial charge in [0.25, 0.3) is 0 Å². The lowest BCUT2D eigenvalue weighted by atomic mass is 10.1. The van der Waals surface area contributed by atoms with Crippen LogP contribution in [0.15, 0.2) is 42.5 Å². The Morgan fingerprint density at radius 2 is 1.92 bits per heavy atom. The molecule has 128 valence electrons. The summed E-state index contributed by atoms with van der Waals surface area (Å²) >= 11 is 5.94. The van der Waals surface area contributed by atoms with Crippen molar-refractivity contribution in [3.05, 3.63) is 70.0 Å². The van der Waals surface area contributed by atoms with Gasteiger partial charge in [-0.25, -0.2) is 22.3 Å². The maximum Gasteiger partial charge on any atom is 0.337 e. The van der Waals surface area contributed by atoms with Gasteiger partial charge in [0, 0.05) is 17.1 Å². The highest BCUT2D eigenvalue weighted by Crippen LogP contribution is 2.18. The molecule has 0 fully saturated rings. The molecule has 0 aliphatic carbocycles. The summed E-state index contributed by atoms with van der Waals surface area (Å²) in [5, 5.41) is 0.344. The van der Waals surface area contributed by atoms with Crippen LogP contribution in [0.3, 0.4) is 0 Å². The molecule has 0 bridgehead atoms. The maximum absolute atomic E-state index is 13.9. The number of ether oxygens (including phenoxy) is 1. The van der Waals surface area contributed by atoms with E-state index in [9.17, 15) is 17.6 Å². The predicted molar refractivity (Wildman–Crippen MR) is 88.7 cm³/mol. The van der Waals surface area contributed by atoms with Crippen molar-refractivity contribution in [1.29, 1.82) is 0 Å². The van der Waals surface area contributed by atoms with E-state index >= 15 is 0 Å². The zero-order chi connectivity index (χ0) is 17.7. The van der Waals surface area contributed by atoms with Gasteiger partial charge in [0.15, 0.2) is 0 Å². The Labute approximate surface area is 144 Å². The van der Waals surface area contributed by atoms with Crippen molar-refractivity contribution in [3.63, 3.8) is 0 Å². The minimum Gasteiger partial charge on any atom is -0.465 e. The third-order valence-corrected chi connectivity index (χ3v) is 4.90. The van der Waals surface area contributed by atoms with E-state index in [2.05, 4.69) is 9.46 Å². The first kappa shape index (κ1) is 18.4. The van der Waals surface area contributed by atoms with E-state index in [1.54, 1.807) is 24.3 Å². The van der Waals surface area contributed by atoms with Crippen molar-refractivity contribution in [2.24, 2.45) is 0 Å². The second-order valence-corrected chi connectivity index (χ2v) is 7.18. The highest BCUT2D eigenvalue weighted by molar-refractivity contribution is 7.88. The Kier molecular flexibility index (Phi) is 5.93. The molecule has 0 unspecified atom stereocenters. The molecular weight excluding hydrogens is 357 g/mol. The fourth-order valence-electron chi connectivity index (χ4n) is 1.99. The standard InChI is InChI=1S/C16H15ClFNO4S/c1-23-16(20)11-6-7-12(15(18)8-11)9-19-24(21,22)10-13-4-2-3-5-14(13)17/h2-8,19H,9-10H2,1H3. The van der Waals surface area contributed by atoms with E-state index in [1.807, 2.05) is 0 Å². The number of hydrogen-bond donors (Lipinski definition) is 1. The lowest BCUT2D eigenvalue weighted by molar-refractivity contribution is 0.0600. The van der Waals surface area contributed by atoms with E-state index in [0.29, 0.717) is 10.6 Å². The first-order valence-electron chi connectivity index (χ1n) is 6.90. The van der Waals surface area contributed by atoms with Crippen LogP contribution in [0.2, 0.25) is 5.02 Å². The van der Waals surface area contributed by atoms with Crippen LogP contribution in [0, 0.1) is 5.82 Å². The second kappa shape index (κ2) is 7.74. The number of nitrogens with one attached hydrogen (secondary N) is 1. The largest absolute Gasteiger partial charge is 0.465 e. The van der Waals surface area contributed by atoms with Crippen LogP contribution in [0.5, 0.6) is 0 Å². The normalized spacial score (nSPS) is 11.3. The molecule has 0 radical (unpaired) electrons. The lowest BCUT2D eigenvalue weighted by Gasteiger charge is -2.09. The molecule has 0 aromatic heterocycles. The van der Waals surface area contributed by atoms with Gasteiger partial charge in [0.05, 0.1) is 18.4 Å². The van der Waals surface area contributed by atoms with Crippen LogP contribution in [0.1, 0.15) is 21.5 Å². The Hall–Kier alpha value is -1.96. The van der Waals surface area contributed by atoms with Crippen molar-refractivity contribution >= 4 is 27.6 Å². The van der Waals surface area contributed by atoms with Gasteiger partial charge >= 0.3 is 5.97 Å². The SMILES string of the molecule is COC(=O)c1ccc(CNS(=O)(=O)Cc2ccccc2Cl)c(F)c1. The van der Waals surface area contributed by atoms with Gasteiger partial charge in [0.1, 0.15) is 5.82 Å². The third-order valence-electron chi connectivity index (χ3n) is 3.26. The number of sulfonamides is 1. The van der Waals surface area contributed by atoms with Gasteiger partial charge in [-0.15, -0.1) is 0 Å². The number of carbonyl (C=O) groups is 1. The van der Waals surface area contributed by atoms with E-state index in [0.717, 1.165) is 6.07 Å². The van der Waals surface area contributed by atoms with Gasteiger partial charge in [0.2, 0.25) is 10.0 Å². The number of halogens is 2. The van der Waals surface area contributed by atoms with Crippen molar-refractivity contribution < 1.29 is 22.3 Å². The zero-order valence-electron chi connectivity index (χ0n) is 12.8. The molecule has 2 aromatic rings. The van der Waals surface area contributed by atoms with Crippen LogP contribution in [0.4, 0.5) is 4.39 Å². The van der Waals surface area contributed by atoms with E-state index in [-0.39, 0.29) is 23.4 Å². The number of benzene rings is 2. The molecule has 0 aliphatic heterocycles. The Morgan fingerprint density at radius 3 is 2.54 bits per heavy atom. The number of methoxy groups -OCH3 is 1. The van der Waals surface area contributed by atoms with Crippen LogP contribution < -0.4 is 4.72 Å². The van der Waals surface area contributed by atoms with Crippen molar-refractivity contribution in [2.45, 2.75) is 12.3 Å².